The smallest absolute Gasteiger partial charge is 0.272 e. The molecule has 0 atom stereocenters. The molecule has 0 heterocycles. The van der Waals surface area contributed by atoms with E-state index in [1.54, 1.807) is 30.3 Å². The van der Waals surface area contributed by atoms with Gasteiger partial charge < -0.3 is 5.11 Å². The fourth-order valence-electron chi connectivity index (χ4n) is 1.71. The summed E-state index contributed by atoms with van der Waals surface area (Å²) < 4.78 is 1.49. The number of nitrogens with zero attached hydrogens (tertiary/aromatic N) is 1. The first-order valence-electron chi connectivity index (χ1n) is 6.16. The third-order valence-electron chi connectivity index (χ3n) is 2.80. The van der Waals surface area contributed by atoms with Gasteiger partial charge in [0.15, 0.2) is 0 Å². The molecule has 0 aliphatic rings. The average Bonchev–Trinajstić information content (AvgIpc) is 2.43. The van der Waals surface area contributed by atoms with Crippen LogP contribution in [0.4, 0.5) is 0 Å². The zero-order valence-corrected chi connectivity index (χ0v) is 15.9. The van der Waals surface area contributed by atoms with Gasteiger partial charge in [0.1, 0.15) is 5.75 Å². The Balaban J connectivity index is 2.14. The van der Waals surface area contributed by atoms with E-state index < -0.39 is 5.91 Å². The van der Waals surface area contributed by atoms with Crippen molar-refractivity contribution in [1.29, 1.82) is 0 Å². The molecule has 114 valence electrons. The summed E-state index contributed by atoms with van der Waals surface area (Å²) >= 11 is 11.4. The number of hydrazone groups is 1. The minimum absolute atomic E-state index is 0.107. The predicted molar refractivity (Wildman–Crippen MR) is 99.8 cm³/mol. The monoisotopic (exact) mass is 492 g/mol. The highest BCUT2D eigenvalue weighted by Crippen LogP contribution is 2.27. The van der Waals surface area contributed by atoms with Gasteiger partial charge in [-0.1, -0.05) is 33.6 Å². The van der Waals surface area contributed by atoms with Crippen molar-refractivity contribution < 1.29 is 9.90 Å². The molecular formula is C15H11BrClIN2O2. The Hall–Kier alpha value is -1.12. The lowest BCUT2D eigenvalue weighted by Gasteiger charge is -2.05. The van der Waals surface area contributed by atoms with E-state index in [2.05, 4.69) is 26.5 Å². The number of benzene rings is 2. The number of carbonyl (C=O) groups is 1. The van der Waals surface area contributed by atoms with Gasteiger partial charge in [0.2, 0.25) is 0 Å². The fraction of sp³-hybridized carbons (Fsp3) is 0.0667. The minimum Gasteiger partial charge on any atom is -0.506 e. The standard InChI is InChI=1S/C15H11BrClIN2O2/c1-8-2-3-11(12(17)4-8)15(22)20-19-7-9-5-10(16)6-13(18)14(9)21/h2-7,21H,1H3,(H,20,22)/b19-7-. The van der Waals surface area contributed by atoms with Gasteiger partial charge in [-0.15, -0.1) is 0 Å². The molecule has 1 amide bonds. The van der Waals surface area contributed by atoms with E-state index in [4.69, 9.17) is 11.6 Å². The van der Waals surface area contributed by atoms with Crippen molar-refractivity contribution in [3.05, 3.63) is 60.1 Å². The summed E-state index contributed by atoms with van der Waals surface area (Å²) in [6, 6.07) is 8.63. The molecule has 4 nitrogen and oxygen atoms in total. The summed E-state index contributed by atoms with van der Waals surface area (Å²) in [5.74, 6) is -0.305. The van der Waals surface area contributed by atoms with Crippen molar-refractivity contribution in [3.8, 4) is 5.75 Å². The Morgan fingerprint density at radius 1 is 1.41 bits per heavy atom. The maximum absolute atomic E-state index is 12.0. The van der Waals surface area contributed by atoms with E-state index in [-0.39, 0.29) is 5.75 Å². The van der Waals surface area contributed by atoms with Crippen LogP contribution in [0.25, 0.3) is 0 Å². The Morgan fingerprint density at radius 2 is 2.14 bits per heavy atom. The first-order valence-corrected chi connectivity index (χ1v) is 8.41. The van der Waals surface area contributed by atoms with Crippen molar-refractivity contribution in [2.45, 2.75) is 6.92 Å². The van der Waals surface area contributed by atoms with Gasteiger partial charge in [-0.05, 0) is 59.3 Å². The van der Waals surface area contributed by atoms with Crippen LogP contribution in [0.5, 0.6) is 5.75 Å². The highest BCUT2D eigenvalue weighted by atomic mass is 127. The van der Waals surface area contributed by atoms with Crippen LogP contribution in [0.3, 0.4) is 0 Å². The molecule has 0 saturated heterocycles. The third-order valence-corrected chi connectivity index (χ3v) is 4.39. The maximum atomic E-state index is 12.0. The van der Waals surface area contributed by atoms with E-state index in [1.165, 1.54) is 6.21 Å². The molecule has 0 unspecified atom stereocenters. The van der Waals surface area contributed by atoms with Gasteiger partial charge in [0, 0.05) is 10.0 Å². The molecule has 2 N–H and O–H groups in total. The molecule has 0 fully saturated rings. The average molecular weight is 494 g/mol. The Kier molecular flexibility index (Phi) is 5.82. The number of phenols is 1. The van der Waals surface area contributed by atoms with Crippen LogP contribution >= 0.6 is 50.1 Å². The highest BCUT2D eigenvalue weighted by molar-refractivity contribution is 14.1. The van der Waals surface area contributed by atoms with E-state index >= 15 is 0 Å². The topological polar surface area (TPSA) is 61.7 Å². The Labute approximate surface area is 154 Å². The summed E-state index contributed by atoms with van der Waals surface area (Å²) in [7, 11) is 0. The van der Waals surface area contributed by atoms with Crippen LogP contribution < -0.4 is 5.43 Å². The molecule has 2 rings (SSSR count). The molecule has 2 aromatic carbocycles. The highest BCUT2D eigenvalue weighted by Gasteiger charge is 2.10. The lowest BCUT2D eigenvalue weighted by atomic mass is 10.1. The van der Waals surface area contributed by atoms with Crippen LogP contribution in [0.15, 0.2) is 39.9 Å². The minimum atomic E-state index is -0.412. The molecule has 7 heteroatoms. The number of aryl methyl sites for hydroxylation is 1. The number of halogens is 3. The molecule has 2 aromatic rings. The molecule has 0 aliphatic carbocycles. The summed E-state index contributed by atoms with van der Waals surface area (Å²) in [6.07, 6.45) is 1.38. The zero-order chi connectivity index (χ0) is 16.3. The van der Waals surface area contributed by atoms with Crippen molar-refractivity contribution in [2.24, 2.45) is 5.10 Å². The van der Waals surface area contributed by atoms with Crippen molar-refractivity contribution >= 4 is 62.2 Å². The first kappa shape index (κ1) is 17.2. The van der Waals surface area contributed by atoms with E-state index in [1.807, 2.05) is 29.5 Å². The summed E-state index contributed by atoms with van der Waals surface area (Å²) in [5, 5.41) is 14.2. The van der Waals surface area contributed by atoms with Crippen molar-refractivity contribution in [2.75, 3.05) is 0 Å². The summed E-state index contributed by atoms with van der Waals surface area (Å²) in [6.45, 7) is 1.89. The fourth-order valence-corrected chi connectivity index (χ4v) is 3.58. The van der Waals surface area contributed by atoms with Crippen molar-refractivity contribution in [3.63, 3.8) is 0 Å². The van der Waals surface area contributed by atoms with Gasteiger partial charge >= 0.3 is 0 Å². The second-order valence-corrected chi connectivity index (χ2v) is 6.99. The molecule has 0 aromatic heterocycles. The van der Waals surface area contributed by atoms with Crippen LogP contribution in [0.2, 0.25) is 5.02 Å². The summed E-state index contributed by atoms with van der Waals surface area (Å²) in [5.41, 5.74) is 4.20. The third kappa shape index (κ3) is 4.21. The van der Waals surface area contributed by atoms with Crippen LogP contribution in [0.1, 0.15) is 21.5 Å². The lowest BCUT2D eigenvalue weighted by molar-refractivity contribution is 0.0955. The molecule has 0 bridgehead atoms. The number of phenolic OH excluding ortho intramolecular Hbond substituents is 1. The number of hydrogen-bond donors (Lipinski definition) is 2. The number of carbonyl (C=O) groups excluding carboxylic acids is 1. The van der Waals surface area contributed by atoms with Crippen LogP contribution in [-0.4, -0.2) is 17.2 Å². The SMILES string of the molecule is Cc1ccc(C(=O)N/N=C\c2cc(Br)cc(I)c2O)c(Cl)c1. The molecule has 0 spiro atoms. The molecule has 22 heavy (non-hydrogen) atoms. The Morgan fingerprint density at radius 3 is 2.82 bits per heavy atom. The normalized spacial score (nSPS) is 10.9. The van der Waals surface area contributed by atoms with Gasteiger partial charge in [-0.25, -0.2) is 5.43 Å². The maximum Gasteiger partial charge on any atom is 0.272 e. The largest absolute Gasteiger partial charge is 0.506 e. The number of amides is 1. The van der Waals surface area contributed by atoms with Crippen molar-refractivity contribution in [1.82, 2.24) is 5.43 Å². The Bertz CT molecular complexity index is 765. The van der Waals surface area contributed by atoms with E-state index in [0.29, 0.717) is 19.7 Å². The van der Waals surface area contributed by atoms with E-state index in [9.17, 15) is 9.90 Å². The quantitative estimate of drug-likeness (QED) is 0.376. The van der Waals surface area contributed by atoms with Gasteiger partial charge in [-0.2, -0.15) is 5.10 Å². The molecular weight excluding hydrogens is 482 g/mol. The second-order valence-electron chi connectivity index (χ2n) is 4.51. The molecule has 0 aliphatic heterocycles. The first-order chi connectivity index (χ1) is 10.4. The molecule has 0 radical (unpaired) electrons. The lowest BCUT2D eigenvalue weighted by Crippen LogP contribution is -2.18. The van der Waals surface area contributed by atoms with Gasteiger partial charge in [0.25, 0.3) is 5.91 Å². The number of rotatable bonds is 3. The zero-order valence-electron chi connectivity index (χ0n) is 11.4. The van der Waals surface area contributed by atoms with Gasteiger partial charge in [0.05, 0.1) is 20.4 Å². The second kappa shape index (κ2) is 7.43. The number of hydrogen-bond acceptors (Lipinski definition) is 3. The van der Waals surface area contributed by atoms with Crippen LogP contribution in [-0.2, 0) is 0 Å². The number of aromatic hydroxyl groups is 1. The van der Waals surface area contributed by atoms with Gasteiger partial charge in [-0.3, -0.25) is 4.79 Å². The van der Waals surface area contributed by atoms with Crippen LogP contribution in [0, 0.1) is 10.5 Å². The summed E-state index contributed by atoms with van der Waals surface area (Å²) in [4.78, 5) is 12.0. The van der Waals surface area contributed by atoms with E-state index in [0.717, 1.165) is 10.0 Å². The number of nitrogens with one attached hydrogen (secondary N) is 1. The predicted octanol–water partition coefficient (Wildman–Crippen LogP) is 4.49. The molecule has 0 saturated carbocycles.